The predicted molar refractivity (Wildman–Crippen MR) is 84.2 cm³/mol. The second kappa shape index (κ2) is 6.57. The van der Waals surface area contributed by atoms with Gasteiger partial charge in [0.05, 0.1) is 7.11 Å². The molecule has 5 nitrogen and oxygen atoms in total. The topological polar surface area (TPSA) is 50.8 Å². The lowest BCUT2D eigenvalue weighted by Crippen LogP contribution is -2.48. The maximum Gasteiger partial charge on any atom is 0.260 e. The molecule has 2 saturated heterocycles. The van der Waals surface area contributed by atoms with E-state index >= 15 is 0 Å². The first kappa shape index (κ1) is 15.2. The van der Waals surface area contributed by atoms with E-state index in [2.05, 4.69) is 5.32 Å². The van der Waals surface area contributed by atoms with Gasteiger partial charge in [-0.05, 0) is 37.9 Å². The highest BCUT2D eigenvalue weighted by molar-refractivity contribution is 5.78. The Morgan fingerprint density at radius 2 is 2.23 bits per heavy atom. The van der Waals surface area contributed by atoms with Gasteiger partial charge in [-0.25, -0.2) is 0 Å². The lowest BCUT2D eigenvalue weighted by Gasteiger charge is -2.40. The van der Waals surface area contributed by atoms with Crippen molar-refractivity contribution < 1.29 is 14.3 Å². The molecule has 120 valence electrons. The van der Waals surface area contributed by atoms with Gasteiger partial charge in [-0.3, -0.25) is 4.79 Å². The van der Waals surface area contributed by atoms with Crippen LogP contribution in [0.15, 0.2) is 24.3 Å². The number of hydrogen-bond donors (Lipinski definition) is 1. The molecule has 22 heavy (non-hydrogen) atoms. The van der Waals surface area contributed by atoms with E-state index < -0.39 is 0 Å². The average molecular weight is 304 g/mol. The second-order valence-corrected chi connectivity index (χ2v) is 6.31. The molecule has 2 fully saturated rings. The zero-order valence-electron chi connectivity index (χ0n) is 13.1. The van der Waals surface area contributed by atoms with Gasteiger partial charge in [0.1, 0.15) is 11.5 Å². The molecule has 0 bridgehead atoms. The number of nitrogens with one attached hydrogen (secondary N) is 1. The van der Waals surface area contributed by atoms with Crippen LogP contribution in [0, 0.1) is 5.41 Å². The zero-order valence-corrected chi connectivity index (χ0v) is 13.1. The molecule has 0 aliphatic carbocycles. The summed E-state index contributed by atoms with van der Waals surface area (Å²) in [5.41, 5.74) is 0.296. The third-order valence-electron chi connectivity index (χ3n) is 4.75. The maximum absolute atomic E-state index is 12.4. The lowest BCUT2D eigenvalue weighted by atomic mass is 9.79. The molecule has 1 atom stereocenters. The molecule has 2 aliphatic heterocycles. The monoisotopic (exact) mass is 304 g/mol. The van der Waals surface area contributed by atoms with Crippen molar-refractivity contribution in [3.63, 3.8) is 0 Å². The summed E-state index contributed by atoms with van der Waals surface area (Å²) < 4.78 is 10.8. The molecule has 2 heterocycles. The number of nitrogens with zero attached hydrogens (tertiary/aromatic N) is 1. The number of ether oxygens (including phenoxy) is 2. The fourth-order valence-electron chi connectivity index (χ4n) is 3.49. The highest BCUT2D eigenvalue weighted by atomic mass is 16.5. The van der Waals surface area contributed by atoms with Crippen LogP contribution in [-0.4, -0.2) is 50.7 Å². The van der Waals surface area contributed by atoms with Gasteiger partial charge in [0.25, 0.3) is 5.91 Å². The Labute approximate surface area is 131 Å². The zero-order chi connectivity index (χ0) is 15.4. The van der Waals surface area contributed by atoms with Crippen molar-refractivity contribution >= 4 is 5.91 Å². The highest BCUT2D eigenvalue weighted by Crippen LogP contribution is 2.35. The molecule has 5 heteroatoms. The summed E-state index contributed by atoms with van der Waals surface area (Å²) in [4.78, 5) is 14.4. The van der Waals surface area contributed by atoms with Gasteiger partial charge >= 0.3 is 0 Å². The summed E-state index contributed by atoms with van der Waals surface area (Å²) >= 11 is 0. The Kier molecular flexibility index (Phi) is 4.52. The number of amides is 1. The second-order valence-electron chi connectivity index (χ2n) is 6.31. The maximum atomic E-state index is 12.4. The van der Waals surface area contributed by atoms with E-state index in [9.17, 15) is 4.79 Å². The fourth-order valence-corrected chi connectivity index (χ4v) is 3.49. The van der Waals surface area contributed by atoms with E-state index in [4.69, 9.17) is 9.47 Å². The van der Waals surface area contributed by atoms with Crippen molar-refractivity contribution in [2.45, 2.75) is 19.3 Å². The number of rotatable bonds is 4. The van der Waals surface area contributed by atoms with Crippen LogP contribution in [0.25, 0.3) is 0 Å². The standard InChI is InChI=1S/C17H24N2O3/c1-21-14-4-2-5-15(10-14)22-11-16(20)19-9-3-6-17(13-19)7-8-18-12-17/h2,4-5,10,18H,3,6-9,11-13H2,1H3. The van der Waals surface area contributed by atoms with Crippen molar-refractivity contribution in [2.75, 3.05) is 39.9 Å². The summed E-state index contributed by atoms with van der Waals surface area (Å²) in [6.45, 7) is 3.91. The van der Waals surface area contributed by atoms with Gasteiger partial charge in [-0.2, -0.15) is 0 Å². The van der Waals surface area contributed by atoms with Crippen LogP contribution < -0.4 is 14.8 Å². The first-order valence-corrected chi connectivity index (χ1v) is 7.96. The van der Waals surface area contributed by atoms with Crippen LogP contribution in [0.5, 0.6) is 11.5 Å². The third kappa shape index (κ3) is 3.35. The number of carbonyl (C=O) groups is 1. The number of benzene rings is 1. The molecular weight excluding hydrogens is 280 g/mol. The quantitative estimate of drug-likeness (QED) is 0.919. The van der Waals surface area contributed by atoms with Gasteiger partial charge in [0, 0.05) is 31.1 Å². The minimum Gasteiger partial charge on any atom is -0.497 e. The van der Waals surface area contributed by atoms with Crippen molar-refractivity contribution in [3.8, 4) is 11.5 Å². The van der Waals surface area contributed by atoms with Crippen LogP contribution in [0.1, 0.15) is 19.3 Å². The first-order chi connectivity index (χ1) is 10.7. The predicted octanol–water partition coefficient (Wildman–Crippen LogP) is 1.68. The summed E-state index contributed by atoms with van der Waals surface area (Å²) in [6.07, 6.45) is 3.49. The van der Waals surface area contributed by atoms with Crippen molar-refractivity contribution in [1.29, 1.82) is 0 Å². The highest BCUT2D eigenvalue weighted by Gasteiger charge is 2.39. The summed E-state index contributed by atoms with van der Waals surface area (Å²) in [6, 6.07) is 7.36. The van der Waals surface area contributed by atoms with Gasteiger partial charge in [-0.15, -0.1) is 0 Å². The lowest BCUT2D eigenvalue weighted by molar-refractivity contribution is -0.136. The molecule has 1 aromatic rings. The molecule has 1 unspecified atom stereocenters. The van der Waals surface area contributed by atoms with E-state index in [0.717, 1.165) is 38.3 Å². The number of piperidine rings is 1. The smallest absolute Gasteiger partial charge is 0.260 e. The minimum atomic E-state index is 0.0776. The SMILES string of the molecule is COc1cccc(OCC(=O)N2CCCC3(CCNC3)C2)c1. The first-order valence-electron chi connectivity index (χ1n) is 7.96. The number of hydrogen-bond acceptors (Lipinski definition) is 4. The Bertz CT molecular complexity index is 526. The van der Waals surface area contributed by atoms with E-state index in [1.807, 2.05) is 23.1 Å². The van der Waals surface area contributed by atoms with E-state index in [1.165, 1.54) is 12.8 Å². The van der Waals surface area contributed by atoms with Crippen LogP contribution in [0.2, 0.25) is 0 Å². The molecule has 0 saturated carbocycles. The van der Waals surface area contributed by atoms with Gasteiger partial charge in [-0.1, -0.05) is 6.07 Å². The van der Waals surface area contributed by atoms with Crippen LogP contribution in [-0.2, 0) is 4.79 Å². The van der Waals surface area contributed by atoms with Crippen LogP contribution in [0.3, 0.4) is 0 Å². The Balaban J connectivity index is 1.55. The molecule has 0 radical (unpaired) electrons. The molecule has 0 aromatic heterocycles. The molecule has 2 aliphatic rings. The van der Waals surface area contributed by atoms with Gasteiger partial charge < -0.3 is 19.7 Å². The molecule has 1 spiro atoms. The summed E-state index contributed by atoms with van der Waals surface area (Å²) in [7, 11) is 1.62. The Morgan fingerprint density at radius 1 is 1.36 bits per heavy atom. The van der Waals surface area contributed by atoms with E-state index in [1.54, 1.807) is 13.2 Å². The number of carbonyl (C=O) groups excluding carboxylic acids is 1. The van der Waals surface area contributed by atoms with Gasteiger partial charge in [0.2, 0.25) is 0 Å². The van der Waals surface area contributed by atoms with Crippen molar-refractivity contribution in [2.24, 2.45) is 5.41 Å². The molecule has 3 rings (SSSR count). The number of likely N-dealkylation sites (tertiary alicyclic amines) is 1. The molecule has 1 N–H and O–H groups in total. The van der Waals surface area contributed by atoms with Crippen LogP contribution in [0.4, 0.5) is 0 Å². The normalized spacial score (nSPS) is 24.5. The Hall–Kier alpha value is -1.75. The van der Waals surface area contributed by atoms with E-state index in [0.29, 0.717) is 11.2 Å². The van der Waals surface area contributed by atoms with Gasteiger partial charge in [0.15, 0.2) is 6.61 Å². The molecule has 1 aromatic carbocycles. The fraction of sp³-hybridized carbons (Fsp3) is 0.588. The van der Waals surface area contributed by atoms with E-state index in [-0.39, 0.29) is 12.5 Å². The molecule has 1 amide bonds. The Morgan fingerprint density at radius 3 is 3.00 bits per heavy atom. The average Bonchev–Trinajstić information content (AvgIpc) is 3.00. The van der Waals surface area contributed by atoms with Crippen LogP contribution >= 0.6 is 0 Å². The third-order valence-corrected chi connectivity index (χ3v) is 4.75. The largest absolute Gasteiger partial charge is 0.497 e. The summed E-state index contributed by atoms with van der Waals surface area (Å²) in [5.74, 6) is 1.48. The van der Waals surface area contributed by atoms with Crippen molar-refractivity contribution in [3.05, 3.63) is 24.3 Å². The molecular formula is C17H24N2O3. The van der Waals surface area contributed by atoms with Crippen molar-refractivity contribution in [1.82, 2.24) is 10.2 Å². The number of methoxy groups -OCH3 is 1. The summed E-state index contributed by atoms with van der Waals surface area (Å²) in [5, 5.41) is 3.43. The minimum absolute atomic E-state index is 0.0776.